The van der Waals surface area contributed by atoms with Crippen molar-refractivity contribution >= 4 is 38.0 Å². The summed E-state index contributed by atoms with van der Waals surface area (Å²) in [4.78, 5) is 12.4. The third-order valence-corrected chi connectivity index (χ3v) is 7.23. The minimum absolute atomic E-state index is 0.0524. The van der Waals surface area contributed by atoms with Gasteiger partial charge in [-0.25, -0.2) is 8.42 Å². The molecule has 0 aromatic heterocycles. The quantitative estimate of drug-likeness (QED) is 0.359. The van der Waals surface area contributed by atoms with Crippen LogP contribution in [0.3, 0.4) is 0 Å². The van der Waals surface area contributed by atoms with Crippen molar-refractivity contribution in [3.63, 3.8) is 0 Å². The Morgan fingerprint density at radius 2 is 1.96 bits per heavy atom. The molecule has 0 aliphatic heterocycles. The number of aliphatic hydroxyl groups excluding tert-OH is 1. The molecule has 0 bridgehead atoms. The molecule has 2 rings (SSSR count). The van der Waals surface area contributed by atoms with E-state index in [0.717, 1.165) is 19.1 Å². The molecule has 1 saturated carbocycles. The zero-order valence-electron chi connectivity index (χ0n) is 15.8. The highest BCUT2D eigenvalue weighted by Crippen LogP contribution is 2.36. The van der Waals surface area contributed by atoms with Gasteiger partial charge >= 0.3 is 0 Å². The van der Waals surface area contributed by atoms with Crippen LogP contribution in [0.15, 0.2) is 27.5 Å². The number of hydrogen-bond donors (Lipinski definition) is 3. The number of likely N-dealkylation sites (N-methyl/N-ethyl adjacent to an activating group) is 1. The molecule has 0 saturated heterocycles. The summed E-state index contributed by atoms with van der Waals surface area (Å²) in [5, 5.41) is 21.5. The molecule has 1 aliphatic carbocycles. The molecule has 9 heteroatoms. The monoisotopic (exact) mass is 412 g/mol. The molecular weight excluding hydrogens is 388 g/mol. The van der Waals surface area contributed by atoms with Crippen molar-refractivity contribution in [1.29, 1.82) is 5.41 Å². The van der Waals surface area contributed by atoms with E-state index in [2.05, 4.69) is 5.32 Å². The molecule has 1 atom stereocenters. The molecule has 0 spiro atoms. The second kappa shape index (κ2) is 7.93. The van der Waals surface area contributed by atoms with Gasteiger partial charge in [0.1, 0.15) is 11.3 Å². The molecule has 1 aromatic rings. The minimum atomic E-state index is -3.63. The lowest BCUT2D eigenvalue weighted by Gasteiger charge is -2.17. The first-order valence-corrected chi connectivity index (χ1v) is 11.7. The number of hydrogen-bond acceptors (Lipinski definition) is 6. The molecule has 1 aromatic carbocycles. The van der Waals surface area contributed by atoms with Crippen molar-refractivity contribution in [1.82, 2.24) is 5.32 Å². The summed E-state index contributed by atoms with van der Waals surface area (Å²) >= 11 is 0. The zero-order valence-corrected chi connectivity index (χ0v) is 17.4. The van der Waals surface area contributed by atoms with Gasteiger partial charge in [-0.2, -0.15) is 0 Å². The van der Waals surface area contributed by atoms with Crippen LogP contribution in [-0.2, 0) is 25.4 Å². The standard InChI is InChI=1S/C18H24N2O5S2/c1-5-26(23)17-10(2)12(8-9-13(17)27(4,24)25)16(21)14(18(22)20-3)15(19)11-6-7-11/h8-9,11,19,21H,5-7H2,1-4H3,(H,20,22). The lowest BCUT2D eigenvalue weighted by Crippen LogP contribution is -2.27. The maximum atomic E-state index is 12.5. The number of benzene rings is 1. The van der Waals surface area contributed by atoms with Gasteiger partial charge < -0.3 is 15.8 Å². The van der Waals surface area contributed by atoms with E-state index in [1.165, 1.54) is 19.2 Å². The highest BCUT2D eigenvalue weighted by molar-refractivity contribution is 7.92. The minimum Gasteiger partial charge on any atom is -0.506 e. The van der Waals surface area contributed by atoms with Crippen LogP contribution in [0.5, 0.6) is 0 Å². The fraction of sp³-hybridized carbons (Fsp3) is 0.444. The van der Waals surface area contributed by atoms with Crippen LogP contribution in [0.25, 0.3) is 5.76 Å². The van der Waals surface area contributed by atoms with E-state index in [1.807, 2.05) is 0 Å². The summed E-state index contributed by atoms with van der Waals surface area (Å²) < 4.78 is 36.7. The fourth-order valence-electron chi connectivity index (χ4n) is 2.84. The Hall–Kier alpha value is -2.00. The van der Waals surface area contributed by atoms with Crippen LogP contribution in [0, 0.1) is 18.3 Å². The number of aliphatic hydroxyl groups is 1. The molecule has 148 valence electrons. The van der Waals surface area contributed by atoms with E-state index in [0.29, 0.717) is 5.56 Å². The van der Waals surface area contributed by atoms with Crippen molar-refractivity contribution in [2.45, 2.75) is 36.5 Å². The number of carbonyl (C=O) groups is 1. The first-order chi connectivity index (χ1) is 12.5. The third kappa shape index (κ3) is 4.30. The SMILES string of the molecule is CCS(=O)c1c(S(C)(=O)=O)ccc(C(O)=C(C(=N)C2CC2)C(=O)NC)c1C. The number of amides is 1. The summed E-state index contributed by atoms with van der Waals surface area (Å²) in [6, 6.07) is 2.68. The van der Waals surface area contributed by atoms with Crippen molar-refractivity contribution in [3.05, 3.63) is 28.8 Å². The van der Waals surface area contributed by atoms with E-state index in [-0.39, 0.29) is 38.3 Å². The van der Waals surface area contributed by atoms with Crippen LogP contribution in [-0.4, -0.2) is 48.4 Å². The van der Waals surface area contributed by atoms with Gasteiger partial charge in [-0.05, 0) is 37.5 Å². The van der Waals surface area contributed by atoms with Gasteiger partial charge in [-0.1, -0.05) is 6.92 Å². The lowest BCUT2D eigenvalue weighted by molar-refractivity contribution is -0.116. The average molecular weight is 413 g/mol. The smallest absolute Gasteiger partial charge is 0.256 e. The Kier molecular flexibility index (Phi) is 6.26. The molecule has 0 radical (unpaired) electrons. The topological polar surface area (TPSA) is 124 Å². The van der Waals surface area contributed by atoms with E-state index in [4.69, 9.17) is 5.41 Å². The first-order valence-electron chi connectivity index (χ1n) is 8.51. The maximum absolute atomic E-state index is 12.5. The van der Waals surface area contributed by atoms with Crippen LogP contribution >= 0.6 is 0 Å². The summed E-state index contributed by atoms with van der Waals surface area (Å²) in [7, 11) is -3.80. The summed E-state index contributed by atoms with van der Waals surface area (Å²) in [5.41, 5.74) is 0.434. The second-order valence-electron chi connectivity index (χ2n) is 6.46. The van der Waals surface area contributed by atoms with Gasteiger partial charge in [0.2, 0.25) is 0 Å². The van der Waals surface area contributed by atoms with E-state index in [1.54, 1.807) is 13.8 Å². The first kappa shape index (κ1) is 21.3. The fourth-order valence-corrected chi connectivity index (χ4v) is 5.41. The number of rotatable bonds is 7. The Labute approximate surface area is 161 Å². The Balaban J connectivity index is 2.78. The van der Waals surface area contributed by atoms with E-state index in [9.17, 15) is 22.5 Å². The summed E-state index contributed by atoms with van der Waals surface area (Å²) in [5.74, 6) is -0.857. The van der Waals surface area contributed by atoms with Crippen LogP contribution in [0.2, 0.25) is 0 Å². The number of nitrogens with one attached hydrogen (secondary N) is 2. The van der Waals surface area contributed by atoms with E-state index < -0.39 is 32.3 Å². The largest absolute Gasteiger partial charge is 0.506 e. The van der Waals surface area contributed by atoms with Crippen LogP contribution < -0.4 is 5.32 Å². The van der Waals surface area contributed by atoms with Gasteiger partial charge in [0, 0.05) is 30.5 Å². The molecule has 1 fully saturated rings. The van der Waals surface area contributed by atoms with Gasteiger partial charge in [-0.3, -0.25) is 9.00 Å². The van der Waals surface area contributed by atoms with Gasteiger partial charge in [-0.15, -0.1) is 0 Å². The molecule has 0 heterocycles. The third-order valence-electron chi connectivity index (χ3n) is 4.46. The summed E-state index contributed by atoms with van der Waals surface area (Å²) in [6.45, 7) is 3.23. The molecule has 1 unspecified atom stereocenters. The van der Waals surface area contributed by atoms with Crippen LogP contribution in [0.4, 0.5) is 0 Å². The molecule has 3 N–H and O–H groups in total. The Morgan fingerprint density at radius 3 is 2.41 bits per heavy atom. The van der Waals surface area contributed by atoms with E-state index >= 15 is 0 Å². The highest BCUT2D eigenvalue weighted by atomic mass is 32.2. The molecule has 1 aliphatic rings. The average Bonchev–Trinajstić information content (AvgIpc) is 3.44. The molecular formula is C18H24N2O5S2. The molecule has 7 nitrogen and oxygen atoms in total. The Bertz CT molecular complexity index is 960. The highest BCUT2D eigenvalue weighted by Gasteiger charge is 2.34. The van der Waals surface area contributed by atoms with Crippen molar-refractivity contribution in [3.8, 4) is 0 Å². The number of carbonyl (C=O) groups excluding carboxylic acids is 1. The predicted molar refractivity (Wildman–Crippen MR) is 105 cm³/mol. The molecule has 1 amide bonds. The predicted octanol–water partition coefficient (Wildman–Crippen LogP) is 1.97. The molecule has 27 heavy (non-hydrogen) atoms. The normalized spacial score (nSPS) is 16.4. The van der Waals surface area contributed by atoms with Gasteiger partial charge in [0.25, 0.3) is 5.91 Å². The maximum Gasteiger partial charge on any atom is 0.256 e. The second-order valence-corrected chi connectivity index (χ2v) is 10.1. The number of sulfone groups is 1. The summed E-state index contributed by atoms with van der Waals surface area (Å²) in [6.07, 6.45) is 2.60. The van der Waals surface area contributed by atoms with Gasteiger partial charge in [0.05, 0.1) is 26.3 Å². The van der Waals surface area contributed by atoms with Crippen molar-refractivity contribution in [2.75, 3.05) is 19.1 Å². The van der Waals surface area contributed by atoms with Crippen molar-refractivity contribution < 1.29 is 22.5 Å². The van der Waals surface area contributed by atoms with Crippen molar-refractivity contribution in [2.24, 2.45) is 5.92 Å². The lowest BCUT2D eigenvalue weighted by atomic mass is 9.98. The zero-order chi connectivity index (χ0) is 20.5. The van der Waals surface area contributed by atoms with Gasteiger partial charge in [0.15, 0.2) is 9.84 Å². The Morgan fingerprint density at radius 1 is 1.37 bits per heavy atom. The van der Waals surface area contributed by atoms with Crippen LogP contribution in [0.1, 0.15) is 30.9 Å².